The topological polar surface area (TPSA) is 113 Å². The number of hydrogen-bond acceptors (Lipinski definition) is 6. The van der Waals surface area contributed by atoms with Crippen LogP contribution in [0.5, 0.6) is 5.88 Å². The summed E-state index contributed by atoms with van der Waals surface area (Å²) >= 11 is 6.37. The molecule has 0 aliphatic carbocycles. The fourth-order valence-electron chi connectivity index (χ4n) is 2.92. The first-order valence-electron chi connectivity index (χ1n) is 8.80. The number of nitrogens with one attached hydrogen (secondary N) is 2. The smallest absolute Gasteiger partial charge is 0.412 e. The summed E-state index contributed by atoms with van der Waals surface area (Å²) in [4.78, 5) is 20.5. The number of rotatable bonds is 4. The van der Waals surface area contributed by atoms with Gasteiger partial charge in [0.25, 0.3) is 5.88 Å². The Morgan fingerprint density at radius 3 is 2.69 bits per heavy atom. The van der Waals surface area contributed by atoms with E-state index in [1.165, 1.54) is 0 Å². The Morgan fingerprint density at radius 2 is 1.93 bits per heavy atom. The summed E-state index contributed by atoms with van der Waals surface area (Å²) in [5, 5.41) is 20.9. The van der Waals surface area contributed by atoms with Gasteiger partial charge in [0.05, 0.1) is 29.0 Å². The van der Waals surface area contributed by atoms with Crippen LogP contribution in [0, 0.1) is 0 Å². The maximum atomic E-state index is 11.8. The maximum absolute atomic E-state index is 11.8. The van der Waals surface area contributed by atoms with Gasteiger partial charge in [-0.05, 0) is 19.1 Å². The average molecular weight is 410 g/mol. The van der Waals surface area contributed by atoms with Gasteiger partial charge in [0.15, 0.2) is 5.82 Å². The van der Waals surface area contributed by atoms with Gasteiger partial charge in [-0.3, -0.25) is 10.4 Å². The van der Waals surface area contributed by atoms with E-state index in [2.05, 4.69) is 25.5 Å². The molecule has 4 rings (SSSR count). The van der Waals surface area contributed by atoms with E-state index in [9.17, 15) is 9.90 Å². The van der Waals surface area contributed by atoms with E-state index in [1.807, 2.05) is 36.4 Å². The van der Waals surface area contributed by atoms with Gasteiger partial charge in [-0.1, -0.05) is 41.9 Å². The first-order chi connectivity index (χ1) is 14.1. The van der Waals surface area contributed by atoms with Crippen LogP contribution in [-0.4, -0.2) is 38.0 Å². The van der Waals surface area contributed by atoms with Crippen molar-refractivity contribution in [2.45, 2.75) is 6.92 Å². The number of aromatic amines is 1. The van der Waals surface area contributed by atoms with E-state index in [4.69, 9.17) is 16.3 Å². The van der Waals surface area contributed by atoms with E-state index < -0.39 is 12.0 Å². The van der Waals surface area contributed by atoms with Gasteiger partial charge in [0, 0.05) is 16.5 Å². The summed E-state index contributed by atoms with van der Waals surface area (Å²) in [6.07, 6.45) is 0.920. The molecule has 2 aromatic heterocycles. The molecule has 0 aliphatic heterocycles. The predicted octanol–water partition coefficient (Wildman–Crippen LogP) is 4.61. The molecule has 0 saturated carbocycles. The minimum Gasteiger partial charge on any atom is -0.491 e. The highest BCUT2D eigenvalue weighted by atomic mass is 35.5. The summed E-state index contributed by atoms with van der Waals surface area (Å²) in [7, 11) is 0. The van der Waals surface area contributed by atoms with Crippen LogP contribution in [-0.2, 0) is 4.74 Å². The molecule has 0 saturated heterocycles. The van der Waals surface area contributed by atoms with Gasteiger partial charge in [-0.2, -0.15) is 5.10 Å². The molecule has 0 fully saturated rings. The number of ether oxygens (including phenoxy) is 1. The van der Waals surface area contributed by atoms with E-state index in [0.29, 0.717) is 27.5 Å². The summed E-state index contributed by atoms with van der Waals surface area (Å²) in [6.45, 7) is 1.87. The first-order valence-corrected chi connectivity index (χ1v) is 9.17. The van der Waals surface area contributed by atoms with Crippen LogP contribution in [0.1, 0.15) is 6.92 Å². The van der Waals surface area contributed by atoms with Crippen molar-refractivity contribution in [1.82, 2.24) is 20.2 Å². The van der Waals surface area contributed by atoms with Crippen LogP contribution in [0.25, 0.3) is 33.4 Å². The van der Waals surface area contributed by atoms with Crippen LogP contribution in [0.4, 0.5) is 10.6 Å². The fourth-order valence-corrected chi connectivity index (χ4v) is 3.19. The lowest BCUT2D eigenvalue weighted by Crippen LogP contribution is -2.15. The van der Waals surface area contributed by atoms with Gasteiger partial charge in [-0.25, -0.2) is 14.8 Å². The van der Waals surface area contributed by atoms with Gasteiger partial charge in [0.1, 0.15) is 5.69 Å². The van der Waals surface area contributed by atoms with E-state index in [0.717, 1.165) is 10.9 Å². The Kier molecular flexibility index (Phi) is 5.01. The molecule has 0 radical (unpaired) electrons. The van der Waals surface area contributed by atoms with Crippen LogP contribution in [0.15, 0.2) is 48.7 Å². The Hall–Kier alpha value is -3.65. The predicted molar refractivity (Wildman–Crippen MR) is 110 cm³/mol. The summed E-state index contributed by atoms with van der Waals surface area (Å²) in [6, 6.07) is 12.9. The number of benzene rings is 2. The van der Waals surface area contributed by atoms with Gasteiger partial charge < -0.3 is 9.84 Å². The molecule has 0 aliphatic rings. The summed E-state index contributed by atoms with van der Waals surface area (Å²) in [5.74, 6) is -0.530. The third kappa shape index (κ3) is 3.70. The number of carbonyl (C=O) groups is 1. The lowest BCUT2D eigenvalue weighted by Gasteiger charge is -2.13. The molecule has 0 unspecified atom stereocenters. The number of amides is 1. The molecule has 29 heavy (non-hydrogen) atoms. The number of hydrogen-bond donors (Lipinski definition) is 3. The average Bonchev–Trinajstić information content (AvgIpc) is 3.19. The molecule has 146 valence electrons. The molecular formula is C20H16ClN5O3. The van der Waals surface area contributed by atoms with E-state index >= 15 is 0 Å². The van der Waals surface area contributed by atoms with Crippen molar-refractivity contribution >= 4 is 34.4 Å². The SMILES string of the molecule is CCOC(=O)Nc1nc(-c2ccccc2)c(-c2cc(Cl)c3[nH]ncc3c2)nc1O. The minimum absolute atomic E-state index is 0.0958. The molecule has 0 bridgehead atoms. The van der Waals surface area contributed by atoms with Crippen molar-refractivity contribution in [3.63, 3.8) is 0 Å². The molecule has 2 heterocycles. The zero-order valence-electron chi connectivity index (χ0n) is 15.3. The van der Waals surface area contributed by atoms with Crippen molar-refractivity contribution < 1.29 is 14.6 Å². The second kappa shape index (κ2) is 7.76. The number of anilines is 1. The highest BCUT2D eigenvalue weighted by molar-refractivity contribution is 6.35. The van der Waals surface area contributed by atoms with Crippen molar-refractivity contribution in [2.75, 3.05) is 11.9 Å². The number of aromatic hydroxyl groups is 1. The normalized spacial score (nSPS) is 10.8. The number of nitrogens with zero attached hydrogens (tertiary/aromatic N) is 3. The molecule has 9 heteroatoms. The lowest BCUT2D eigenvalue weighted by atomic mass is 10.0. The monoisotopic (exact) mass is 409 g/mol. The first kappa shape index (κ1) is 18.7. The van der Waals surface area contributed by atoms with Crippen LogP contribution < -0.4 is 5.32 Å². The largest absolute Gasteiger partial charge is 0.491 e. The lowest BCUT2D eigenvalue weighted by molar-refractivity contribution is 0.167. The van der Waals surface area contributed by atoms with Gasteiger partial charge in [-0.15, -0.1) is 0 Å². The van der Waals surface area contributed by atoms with E-state index in [-0.39, 0.29) is 12.4 Å². The Morgan fingerprint density at radius 1 is 1.17 bits per heavy atom. The van der Waals surface area contributed by atoms with Gasteiger partial charge >= 0.3 is 6.09 Å². The third-order valence-corrected chi connectivity index (χ3v) is 4.49. The summed E-state index contributed by atoms with van der Waals surface area (Å²) < 4.78 is 4.86. The molecule has 3 N–H and O–H groups in total. The Labute approximate surface area is 170 Å². The van der Waals surface area contributed by atoms with Crippen LogP contribution in [0.2, 0.25) is 5.02 Å². The quantitative estimate of drug-likeness (QED) is 0.453. The third-order valence-electron chi connectivity index (χ3n) is 4.19. The maximum Gasteiger partial charge on any atom is 0.412 e. The Bertz CT molecular complexity index is 1190. The molecule has 1 amide bonds. The number of aromatic nitrogens is 4. The van der Waals surface area contributed by atoms with Crippen LogP contribution in [0.3, 0.4) is 0 Å². The summed E-state index contributed by atoms with van der Waals surface area (Å²) in [5.41, 5.74) is 2.98. The zero-order chi connectivity index (χ0) is 20.4. The zero-order valence-corrected chi connectivity index (χ0v) is 16.1. The van der Waals surface area contributed by atoms with E-state index in [1.54, 1.807) is 19.2 Å². The molecule has 0 atom stereocenters. The number of halogens is 1. The molecule has 0 spiro atoms. The van der Waals surface area contributed by atoms with Crippen molar-refractivity contribution in [2.24, 2.45) is 0 Å². The second-order valence-electron chi connectivity index (χ2n) is 6.10. The van der Waals surface area contributed by atoms with Crippen molar-refractivity contribution in [3.05, 3.63) is 53.7 Å². The van der Waals surface area contributed by atoms with Crippen LogP contribution >= 0.6 is 11.6 Å². The molecule has 2 aromatic carbocycles. The fraction of sp³-hybridized carbons (Fsp3) is 0.100. The van der Waals surface area contributed by atoms with Gasteiger partial charge in [0.2, 0.25) is 0 Å². The molecular weight excluding hydrogens is 394 g/mol. The second-order valence-corrected chi connectivity index (χ2v) is 6.50. The number of H-pyrrole nitrogens is 1. The van der Waals surface area contributed by atoms with Crippen molar-refractivity contribution in [1.29, 1.82) is 0 Å². The Balaban J connectivity index is 1.90. The highest BCUT2D eigenvalue weighted by Gasteiger charge is 2.19. The molecule has 4 aromatic rings. The number of carbonyl (C=O) groups excluding carboxylic acids is 1. The van der Waals surface area contributed by atoms with Crippen molar-refractivity contribution in [3.8, 4) is 28.4 Å². The standard InChI is InChI=1S/C20H16ClN5O3/c1-2-29-20(28)25-18-19(27)24-17(16(23-18)11-6-4-3-5-7-11)12-8-13-10-22-26-15(13)14(21)9-12/h3-10H,2H2,1H3,(H,22,26)(H,24,27)(H,23,25,28). The number of fused-ring (bicyclic) bond motifs is 1. The highest BCUT2D eigenvalue weighted by Crippen LogP contribution is 2.36. The molecule has 8 nitrogen and oxygen atoms in total. The minimum atomic E-state index is -0.730.